The third kappa shape index (κ3) is 4.47. The molecule has 0 aromatic heterocycles. The minimum atomic E-state index is 0.291. The molecule has 0 saturated carbocycles. The van der Waals surface area contributed by atoms with E-state index in [4.69, 9.17) is 4.74 Å². The van der Waals surface area contributed by atoms with Crippen LogP contribution in [0.4, 0.5) is 0 Å². The number of methoxy groups -OCH3 is 1. The van der Waals surface area contributed by atoms with Gasteiger partial charge in [0.05, 0.1) is 7.11 Å². The summed E-state index contributed by atoms with van der Waals surface area (Å²) in [5, 5.41) is 3.51. The molecule has 2 rings (SSSR count). The SMILES string of the molecule is COc1cccc([C@@H](C)NCC=Cc2ccc(C)cc2C)c1. The third-order valence-corrected chi connectivity index (χ3v) is 3.86. The highest BCUT2D eigenvalue weighted by atomic mass is 16.5. The molecule has 0 aliphatic rings. The van der Waals surface area contributed by atoms with Crippen molar-refractivity contribution in [3.8, 4) is 5.75 Å². The predicted octanol–water partition coefficient (Wildman–Crippen LogP) is 4.68. The summed E-state index contributed by atoms with van der Waals surface area (Å²) in [4.78, 5) is 0. The second-order valence-electron chi connectivity index (χ2n) is 5.67. The van der Waals surface area contributed by atoms with E-state index in [1.165, 1.54) is 22.3 Å². The minimum Gasteiger partial charge on any atom is -0.497 e. The Hall–Kier alpha value is -2.06. The Morgan fingerprint density at radius 2 is 1.95 bits per heavy atom. The number of hydrogen-bond acceptors (Lipinski definition) is 2. The molecule has 0 amide bonds. The molecule has 2 aromatic rings. The molecule has 22 heavy (non-hydrogen) atoms. The summed E-state index contributed by atoms with van der Waals surface area (Å²) in [5.74, 6) is 0.900. The molecular weight excluding hydrogens is 270 g/mol. The van der Waals surface area contributed by atoms with Crippen molar-refractivity contribution in [2.24, 2.45) is 0 Å². The van der Waals surface area contributed by atoms with Crippen molar-refractivity contribution in [3.63, 3.8) is 0 Å². The highest BCUT2D eigenvalue weighted by Gasteiger charge is 2.04. The zero-order valence-corrected chi connectivity index (χ0v) is 13.9. The van der Waals surface area contributed by atoms with E-state index in [-0.39, 0.29) is 0 Å². The van der Waals surface area contributed by atoms with E-state index in [0.29, 0.717) is 6.04 Å². The molecule has 0 spiro atoms. The fraction of sp³-hybridized carbons (Fsp3) is 0.300. The molecule has 1 N–H and O–H groups in total. The molecule has 1 atom stereocenters. The largest absolute Gasteiger partial charge is 0.497 e. The van der Waals surface area contributed by atoms with Gasteiger partial charge in [-0.25, -0.2) is 0 Å². The van der Waals surface area contributed by atoms with Crippen molar-refractivity contribution in [2.45, 2.75) is 26.8 Å². The maximum atomic E-state index is 5.27. The smallest absolute Gasteiger partial charge is 0.119 e. The van der Waals surface area contributed by atoms with E-state index in [1.54, 1.807) is 7.11 Å². The van der Waals surface area contributed by atoms with Crippen LogP contribution in [0.1, 0.15) is 35.2 Å². The third-order valence-electron chi connectivity index (χ3n) is 3.86. The zero-order valence-electron chi connectivity index (χ0n) is 13.9. The van der Waals surface area contributed by atoms with E-state index in [1.807, 2.05) is 12.1 Å². The Morgan fingerprint density at radius 3 is 2.68 bits per heavy atom. The van der Waals surface area contributed by atoms with Crippen LogP contribution >= 0.6 is 0 Å². The molecule has 116 valence electrons. The predicted molar refractivity (Wildman–Crippen MR) is 94.4 cm³/mol. The van der Waals surface area contributed by atoms with E-state index in [2.05, 4.69) is 68.6 Å². The molecule has 2 heteroatoms. The lowest BCUT2D eigenvalue weighted by Crippen LogP contribution is -2.18. The Morgan fingerprint density at radius 1 is 1.14 bits per heavy atom. The average Bonchev–Trinajstić information content (AvgIpc) is 2.53. The van der Waals surface area contributed by atoms with E-state index in [0.717, 1.165) is 12.3 Å². The van der Waals surface area contributed by atoms with Gasteiger partial charge in [-0.3, -0.25) is 0 Å². The number of nitrogens with one attached hydrogen (secondary N) is 1. The molecule has 0 aliphatic heterocycles. The van der Waals surface area contributed by atoms with Gasteiger partial charge in [-0.05, 0) is 49.6 Å². The molecule has 2 nitrogen and oxygen atoms in total. The van der Waals surface area contributed by atoms with Crippen molar-refractivity contribution in [2.75, 3.05) is 13.7 Å². The van der Waals surface area contributed by atoms with Crippen LogP contribution in [0.25, 0.3) is 6.08 Å². The summed E-state index contributed by atoms with van der Waals surface area (Å²) in [6.45, 7) is 7.28. The number of benzene rings is 2. The van der Waals surface area contributed by atoms with Crippen LogP contribution < -0.4 is 10.1 Å². The normalized spacial score (nSPS) is 12.5. The average molecular weight is 295 g/mol. The Labute approximate surface area is 133 Å². The van der Waals surface area contributed by atoms with Crippen LogP contribution in [0, 0.1) is 13.8 Å². The first-order chi connectivity index (χ1) is 10.6. The van der Waals surface area contributed by atoms with E-state index >= 15 is 0 Å². The van der Waals surface area contributed by atoms with Crippen LogP contribution in [0.2, 0.25) is 0 Å². The second kappa shape index (κ2) is 7.81. The molecule has 0 unspecified atom stereocenters. The van der Waals surface area contributed by atoms with Gasteiger partial charge in [0.25, 0.3) is 0 Å². The molecule has 0 saturated heterocycles. The number of hydrogen-bond donors (Lipinski definition) is 1. The topological polar surface area (TPSA) is 21.3 Å². The number of rotatable bonds is 6. The lowest BCUT2D eigenvalue weighted by Gasteiger charge is -2.13. The van der Waals surface area contributed by atoms with Crippen LogP contribution in [0.5, 0.6) is 5.75 Å². The molecule has 0 bridgehead atoms. The first-order valence-corrected chi connectivity index (χ1v) is 7.71. The minimum absolute atomic E-state index is 0.291. The highest BCUT2D eigenvalue weighted by molar-refractivity contribution is 5.54. The van der Waals surface area contributed by atoms with Gasteiger partial charge in [0, 0.05) is 12.6 Å². The molecule has 0 fully saturated rings. The quantitative estimate of drug-likeness (QED) is 0.835. The zero-order chi connectivity index (χ0) is 15.9. The lowest BCUT2D eigenvalue weighted by atomic mass is 10.1. The molecule has 0 aliphatic carbocycles. The van der Waals surface area contributed by atoms with Gasteiger partial charge in [-0.15, -0.1) is 0 Å². The summed E-state index contributed by atoms with van der Waals surface area (Å²) in [6, 6.07) is 15.0. The number of ether oxygens (including phenoxy) is 1. The van der Waals surface area contributed by atoms with Crippen molar-refractivity contribution in [3.05, 3.63) is 70.8 Å². The number of aryl methyl sites for hydroxylation is 2. The lowest BCUT2D eigenvalue weighted by molar-refractivity contribution is 0.413. The standard InChI is InChI=1S/C20H25NO/c1-15-10-11-18(16(2)13-15)8-6-12-21-17(3)19-7-5-9-20(14-19)22-4/h5-11,13-14,17,21H,12H2,1-4H3/t17-/m1/s1. The van der Waals surface area contributed by atoms with Gasteiger partial charge in [-0.2, -0.15) is 0 Å². The summed E-state index contributed by atoms with van der Waals surface area (Å²) in [5.41, 5.74) is 5.14. The molecular formula is C20H25NO. The summed E-state index contributed by atoms with van der Waals surface area (Å²) < 4.78 is 5.27. The van der Waals surface area contributed by atoms with Crippen LogP contribution in [0.15, 0.2) is 48.5 Å². The van der Waals surface area contributed by atoms with Crippen molar-refractivity contribution in [1.82, 2.24) is 5.32 Å². The van der Waals surface area contributed by atoms with Crippen LogP contribution in [0.3, 0.4) is 0 Å². The maximum Gasteiger partial charge on any atom is 0.119 e. The Bertz CT molecular complexity index is 646. The second-order valence-corrected chi connectivity index (χ2v) is 5.67. The van der Waals surface area contributed by atoms with Gasteiger partial charge in [0.15, 0.2) is 0 Å². The van der Waals surface area contributed by atoms with Gasteiger partial charge in [0.2, 0.25) is 0 Å². The molecule has 0 heterocycles. The summed E-state index contributed by atoms with van der Waals surface area (Å²) in [6.07, 6.45) is 4.36. The van der Waals surface area contributed by atoms with Crippen molar-refractivity contribution in [1.29, 1.82) is 0 Å². The monoisotopic (exact) mass is 295 g/mol. The Balaban J connectivity index is 1.91. The van der Waals surface area contributed by atoms with Gasteiger partial charge in [-0.1, -0.05) is 48.0 Å². The Kier molecular flexibility index (Phi) is 5.79. The summed E-state index contributed by atoms with van der Waals surface area (Å²) in [7, 11) is 1.70. The highest BCUT2D eigenvalue weighted by Crippen LogP contribution is 2.18. The van der Waals surface area contributed by atoms with Crippen LogP contribution in [-0.2, 0) is 0 Å². The fourth-order valence-corrected chi connectivity index (χ4v) is 2.47. The van der Waals surface area contributed by atoms with Gasteiger partial charge in [0.1, 0.15) is 5.75 Å². The van der Waals surface area contributed by atoms with E-state index < -0.39 is 0 Å². The van der Waals surface area contributed by atoms with Crippen molar-refractivity contribution < 1.29 is 4.74 Å². The molecule has 0 radical (unpaired) electrons. The molecule has 2 aromatic carbocycles. The van der Waals surface area contributed by atoms with E-state index in [9.17, 15) is 0 Å². The first-order valence-electron chi connectivity index (χ1n) is 7.71. The first kappa shape index (κ1) is 16.3. The maximum absolute atomic E-state index is 5.27. The van der Waals surface area contributed by atoms with Crippen LogP contribution in [-0.4, -0.2) is 13.7 Å². The van der Waals surface area contributed by atoms with Gasteiger partial charge >= 0.3 is 0 Å². The van der Waals surface area contributed by atoms with Gasteiger partial charge < -0.3 is 10.1 Å². The van der Waals surface area contributed by atoms with Crippen molar-refractivity contribution >= 4 is 6.08 Å². The fourth-order valence-electron chi connectivity index (χ4n) is 2.47. The summed E-state index contributed by atoms with van der Waals surface area (Å²) >= 11 is 0.